The molecule has 0 aliphatic carbocycles. The summed E-state index contributed by atoms with van der Waals surface area (Å²) >= 11 is 0. The molecule has 2 aliphatic heterocycles. The van der Waals surface area contributed by atoms with Crippen molar-refractivity contribution in [2.75, 3.05) is 56.2 Å². The van der Waals surface area contributed by atoms with Gasteiger partial charge in [0.05, 0.1) is 22.2 Å². The zero-order chi connectivity index (χ0) is 24.1. The van der Waals surface area contributed by atoms with Crippen LogP contribution in [0.4, 0.5) is 11.4 Å². The number of carbonyl (C=O) groups is 1. The molecule has 3 aromatic rings. The van der Waals surface area contributed by atoms with Crippen LogP contribution in [0.15, 0.2) is 53.7 Å². The third-order valence-corrected chi connectivity index (χ3v) is 7.85. The number of ether oxygens (including phenoxy) is 1. The van der Waals surface area contributed by atoms with Crippen LogP contribution >= 0.6 is 0 Å². The number of carboxylic acid groups (broad SMARTS) is 1. The Balaban J connectivity index is 0.000000868. The van der Waals surface area contributed by atoms with Crippen LogP contribution in [-0.2, 0) is 19.6 Å². The molecular weight excluding hydrogens is 458 g/mol. The highest BCUT2D eigenvalue weighted by molar-refractivity contribution is 7.90. The molecule has 2 aromatic heterocycles. The van der Waals surface area contributed by atoms with Gasteiger partial charge in [-0.05, 0) is 36.8 Å². The van der Waals surface area contributed by atoms with Gasteiger partial charge in [0.25, 0.3) is 16.5 Å². The lowest BCUT2D eigenvalue weighted by atomic mass is 10.3. The molecule has 5 rings (SSSR count). The van der Waals surface area contributed by atoms with Crippen LogP contribution in [0.2, 0.25) is 0 Å². The smallest absolute Gasteiger partial charge is 0.290 e. The minimum Gasteiger partial charge on any atom is -0.483 e. The lowest BCUT2D eigenvalue weighted by Crippen LogP contribution is -2.43. The fourth-order valence-electron chi connectivity index (χ4n) is 4.46. The van der Waals surface area contributed by atoms with Gasteiger partial charge in [-0.15, -0.1) is 0 Å². The van der Waals surface area contributed by atoms with Gasteiger partial charge in [-0.1, -0.05) is 6.07 Å². The fraction of sp³-hybridized carbons (Fsp3) is 0.391. The Labute approximate surface area is 198 Å². The number of anilines is 2. The molecule has 1 atom stereocenters. The summed E-state index contributed by atoms with van der Waals surface area (Å²) in [5.74, 6) is 0. The van der Waals surface area contributed by atoms with Crippen LogP contribution in [0.5, 0.6) is 0 Å². The monoisotopic (exact) mass is 487 g/mol. The Hall–Kier alpha value is -3.15. The third kappa shape index (κ3) is 4.72. The summed E-state index contributed by atoms with van der Waals surface area (Å²) in [6, 6.07) is 10.8. The molecule has 2 fully saturated rings. The van der Waals surface area contributed by atoms with Crippen molar-refractivity contribution >= 4 is 38.9 Å². The second-order valence-corrected chi connectivity index (χ2v) is 9.93. The number of hydrogen-bond acceptors (Lipinski definition) is 8. The highest BCUT2D eigenvalue weighted by Gasteiger charge is 2.27. The maximum Gasteiger partial charge on any atom is 0.290 e. The lowest BCUT2D eigenvalue weighted by molar-refractivity contribution is -0.122. The molecule has 2 aliphatic rings. The van der Waals surface area contributed by atoms with Gasteiger partial charge < -0.3 is 25.0 Å². The number of pyridine rings is 1. The summed E-state index contributed by atoms with van der Waals surface area (Å²) in [5.41, 5.74) is 3.07. The summed E-state index contributed by atoms with van der Waals surface area (Å²) in [6.45, 7) is 4.75. The van der Waals surface area contributed by atoms with Crippen LogP contribution in [0.1, 0.15) is 6.42 Å². The second-order valence-electron chi connectivity index (χ2n) is 8.12. The number of hydrogen-bond donors (Lipinski definition) is 2. The first kappa shape index (κ1) is 24.0. The van der Waals surface area contributed by atoms with E-state index in [-0.39, 0.29) is 17.5 Å². The molecule has 0 saturated carbocycles. The van der Waals surface area contributed by atoms with E-state index in [2.05, 4.69) is 20.1 Å². The molecule has 182 valence electrons. The number of benzene rings is 1. The van der Waals surface area contributed by atoms with Crippen LogP contribution in [0.25, 0.3) is 11.0 Å². The van der Waals surface area contributed by atoms with E-state index in [4.69, 9.17) is 14.6 Å². The van der Waals surface area contributed by atoms with E-state index in [1.54, 1.807) is 37.7 Å². The van der Waals surface area contributed by atoms with Crippen molar-refractivity contribution in [3.8, 4) is 0 Å². The number of aromatic nitrogens is 2. The van der Waals surface area contributed by atoms with Crippen molar-refractivity contribution in [1.29, 1.82) is 0 Å². The van der Waals surface area contributed by atoms with Crippen molar-refractivity contribution < 1.29 is 23.1 Å². The molecule has 0 spiro atoms. The topological polar surface area (TPSA) is 117 Å². The van der Waals surface area contributed by atoms with E-state index < -0.39 is 10.0 Å². The number of piperazine rings is 1. The Morgan fingerprint density at radius 3 is 2.62 bits per heavy atom. The van der Waals surface area contributed by atoms with Crippen LogP contribution in [0, 0.1) is 0 Å². The fourth-order valence-corrected chi connectivity index (χ4v) is 5.85. The van der Waals surface area contributed by atoms with Crippen molar-refractivity contribution in [3.05, 3.63) is 48.8 Å². The second kappa shape index (κ2) is 10.4. The predicted molar refractivity (Wildman–Crippen MR) is 130 cm³/mol. The number of rotatable bonds is 5. The Morgan fingerprint density at radius 2 is 1.91 bits per heavy atom. The van der Waals surface area contributed by atoms with E-state index in [9.17, 15) is 8.42 Å². The van der Waals surface area contributed by atoms with Gasteiger partial charge in [-0.2, -0.15) is 0 Å². The maximum atomic E-state index is 13.7. The van der Waals surface area contributed by atoms with E-state index in [1.807, 2.05) is 18.2 Å². The number of nitrogens with zero attached hydrogens (tertiary/aromatic N) is 4. The zero-order valence-electron chi connectivity index (χ0n) is 19.0. The van der Waals surface area contributed by atoms with E-state index >= 15 is 0 Å². The van der Waals surface area contributed by atoms with Crippen molar-refractivity contribution in [3.63, 3.8) is 0 Å². The third-order valence-electron chi connectivity index (χ3n) is 6.18. The molecule has 0 amide bonds. The van der Waals surface area contributed by atoms with Gasteiger partial charge in [0.15, 0.2) is 0 Å². The maximum absolute atomic E-state index is 13.7. The molecular formula is C23H29N5O5S. The SMILES string of the molecule is CO[C@@H]1CCN(c2cccc(S(=O)(=O)n3cc(N4CCNCC4)c4ncccc43)c2)C1.O=CO. The number of fused-ring (bicyclic) bond motifs is 1. The molecule has 4 heterocycles. The molecule has 34 heavy (non-hydrogen) atoms. The van der Waals surface area contributed by atoms with Gasteiger partial charge in [-0.25, -0.2) is 12.4 Å². The quantitative estimate of drug-likeness (QED) is 0.518. The van der Waals surface area contributed by atoms with Gasteiger partial charge >= 0.3 is 0 Å². The molecule has 2 N–H and O–H groups in total. The molecule has 0 radical (unpaired) electrons. The normalized spacial score (nSPS) is 18.6. The van der Waals surface area contributed by atoms with E-state index in [1.165, 1.54) is 3.97 Å². The summed E-state index contributed by atoms with van der Waals surface area (Å²) in [6.07, 6.45) is 4.56. The first-order valence-corrected chi connectivity index (χ1v) is 12.6. The zero-order valence-corrected chi connectivity index (χ0v) is 19.8. The number of methoxy groups -OCH3 is 1. The molecule has 11 heteroatoms. The van der Waals surface area contributed by atoms with Gasteiger partial charge in [0, 0.05) is 64.5 Å². The molecule has 2 saturated heterocycles. The minimum atomic E-state index is -3.78. The molecule has 0 bridgehead atoms. The summed E-state index contributed by atoms with van der Waals surface area (Å²) in [5, 5.41) is 10.2. The summed E-state index contributed by atoms with van der Waals surface area (Å²) < 4.78 is 34.2. The molecule has 10 nitrogen and oxygen atoms in total. The number of nitrogens with one attached hydrogen (secondary N) is 1. The van der Waals surface area contributed by atoms with E-state index in [0.717, 1.165) is 57.1 Å². The lowest BCUT2D eigenvalue weighted by Gasteiger charge is -2.28. The van der Waals surface area contributed by atoms with Crippen LogP contribution in [-0.4, -0.2) is 81.4 Å². The van der Waals surface area contributed by atoms with Crippen LogP contribution < -0.4 is 15.1 Å². The van der Waals surface area contributed by atoms with Crippen molar-refractivity contribution in [2.45, 2.75) is 17.4 Å². The largest absolute Gasteiger partial charge is 0.483 e. The predicted octanol–water partition coefficient (Wildman–Crippen LogP) is 1.61. The highest BCUT2D eigenvalue weighted by atomic mass is 32.2. The standard InChI is InChI=1S/C22H27N5O3S.CH2O2/c1-30-18-7-11-26(15-18)17-4-2-5-19(14-17)31(28,29)27-16-21(25-12-9-23-10-13-25)22-20(27)6-3-8-24-22;2-1-3/h2-6,8,14,16,18,23H,7,9-13,15H2,1H3;1H,(H,2,3)/t18-;/m1./s1. The Morgan fingerprint density at radius 1 is 1.15 bits per heavy atom. The van der Waals surface area contributed by atoms with Gasteiger partial charge in [-0.3, -0.25) is 9.78 Å². The Kier molecular flexibility index (Phi) is 7.35. The van der Waals surface area contributed by atoms with Crippen molar-refractivity contribution in [1.82, 2.24) is 14.3 Å². The van der Waals surface area contributed by atoms with Crippen molar-refractivity contribution in [2.24, 2.45) is 0 Å². The summed E-state index contributed by atoms with van der Waals surface area (Å²) in [7, 11) is -2.06. The van der Waals surface area contributed by atoms with Gasteiger partial charge in [0.1, 0.15) is 5.52 Å². The molecule has 0 unspecified atom stereocenters. The van der Waals surface area contributed by atoms with E-state index in [0.29, 0.717) is 11.0 Å². The first-order valence-electron chi connectivity index (χ1n) is 11.1. The highest BCUT2D eigenvalue weighted by Crippen LogP contribution is 2.32. The summed E-state index contributed by atoms with van der Waals surface area (Å²) in [4.78, 5) is 17.5. The van der Waals surface area contributed by atoms with Crippen LogP contribution in [0.3, 0.4) is 0 Å². The van der Waals surface area contributed by atoms with Gasteiger partial charge in [0.2, 0.25) is 0 Å². The minimum absolute atomic E-state index is 0.182. The molecule has 1 aromatic carbocycles. The average molecular weight is 488 g/mol. The average Bonchev–Trinajstić information content (AvgIpc) is 3.51. The Bertz CT molecular complexity index is 1240. The first-order chi connectivity index (χ1) is 16.5.